The van der Waals surface area contributed by atoms with E-state index < -0.39 is 5.97 Å². The van der Waals surface area contributed by atoms with Gasteiger partial charge in [0.1, 0.15) is 0 Å². The number of benzene rings is 1. The SMILES string of the molecule is COC(=O)c1cc(NC(=O)CCCCN)cc(NC(=O)CCCCN)c1.Cl. The Balaban J connectivity index is 0.00000676. The Morgan fingerprint density at radius 2 is 1.30 bits per heavy atom. The van der Waals surface area contributed by atoms with E-state index in [1.807, 2.05) is 0 Å². The minimum absolute atomic E-state index is 0. The fourth-order valence-corrected chi connectivity index (χ4v) is 2.31. The van der Waals surface area contributed by atoms with Gasteiger partial charge in [-0.15, -0.1) is 12.4 Å². The Morgan fingerprint density at radius 3 is 1.67 bits per heavy atom. The highest BCUT2D eigenvalue weighted by Gasteiger charge is 2.12. The summed E-state index contributed by atoms with van der Waals surface area (Å²) in [7, 11) is 1.27. The van der Waals surface area contributed by atoms with Crippen LogP contribution in [0.4, 0.5) is 11.4 Å². The number of nitrogens with one attached hydrogen (secondary N) is 2. The minimum Gasteiger partial charge on any atom is -0.465 e. The Labute approximate surface area is 165 Å². The van der Waals surface area contributed by atoms with E-state index in [2.05, 4.69) is 10.6 Å². The third-order valence-corrected chi connectivity index (χ3v) is 3.64. The molecule has 1 aromatic rings. The molecule has 9 heteroatoms. The molecule has 1 aromatic carbocycles. The Bertz CT molecular complexity index is 583. The van der Waals surface area contributed by atoms with Gasteiger partial charge < -0.3 is 26.8 Å². The first-order valence-electron chi connectivity index (χ1n) is 8.73. The molecule has 0 saturated carbocycles. The van der Waals surface area contributed by atoms with Crippen LogP contribution in [-0.2, 0) is 14.3 Å². The minimum atomic E-state index is -0.553. The van der Waals surface area contributed by atoms with Gasteiger partial charge in [-0.3, -0.25) is 9.59 Å². The number of unbranched alkanes of at least 4 members (excludes halogenated alkanes) is 2. The lowest BCUT2D eigenvalue weighted by molar-refractivity contribution is -0.117. The second-order valence-electron chi connectivity index (χ2n) is 5.88. The van der Waals surface area contributed by atoms with Crippen molar-refractivity contribution in [1.29, 1.82) is 0 Å². The van der Waals surface area contributed by atoms with Gasteiger partial charge in [-0.2, -0.15) is 0 Å². The Hall–Kier alpha value is -2.16. The first-order chi connectivity index (χ1) is 12.5. The number of hydrogen-bond donors (Lipinski definition) is 4. The molecule has 0 aromatic heterocycles. The number of anilines is 2. The predicted molar refractivity (Wildman–Crippen MR) is 108 cm³/mol. The maximum absolute atomic E-state index is 12.0. The lowest BCUT2D eigenvalue weighted by Gasteiger charge is -2.11. The molecular weight excluding hydrogens is 372 g/mol. The van der Waals surface area contributed by atoms with E-state index in [1.165, 1.54) is 19.2 Å². The van der Waals surface area contributed by atoms with Gasteiger partial charge in [0.15, 0.2) is 0 Å². The number of carbonyl (C=O) groups is 3. The molecule has 0 aliphatic rings. The molecule has 0 fully saturated rings. The van der Waals surface area contributed by atoms with Crippen LogP contribution in [0.2, 0.25) is 0 Å². The van der Waals surface area contributed by atoms with Crippen molar-refractivity contribution in [3.63, 3.8) is 0 Å². The molecule has 0 spiro atoms. The number of rotatable bonds is 11. The zero-order valence-corrected chi connectivity index (χ0v) is 16.4. The molecule has 152 valence electrons. The van der Waals surface area contributed by atoms with Crippen LogP contribution in [-0.4, -0.2) is 38.0 Å². The summed E-state index contributed by atoms with van der Waals surface area (Å²) in [5.41, 5.74) is 11.9. The third kappa shape index (κ3) is 9.93. The standard InChI is InChI=1S/C18H28N4O4.ClH/c1-26-18(25)13-10-14(21-16(23)6-2-4-8-19)12-15(11-13)22-17(24)7-3-5-9-20;/h10-12H,2-9,19-20H2,1H3,(H,21,23)(H,22,24);1H. The van der Waals surface area contributed by atoms with Crippen molar-refractivity contribution in [1.82, 2.24) is 0 Å². The second kappa shape index (κ2) is 14.0. The number of hydrogen-bond acceptors (Lipinski definition) is 6. The number of amides is 2. The molecule has 1 rings (SSSR count). The van der Waals surface area contributed by atoms with Gasteiger partial charge in [0, 0.05) is 24.2 Å². The van der Waals surface area contributed by atoms with Crippen LogP contribution in [0, 0.1) is 0 Å². The van der Waals surface area contributed by atoms with E-state index >= 15 is 0 Å². The van der Waals surface area contributed by atoms with Crippen LogP contribution in [0.25, 0.3) is 0 Å². The molecule has 0 radical (unpaired) electrons. The molecule has 27 heavy (non-hydrogen) atoms. The summed E-state index contributed by atoms with van der Waals surface area (Å²) in [5, 5.41) is 5.46. The van der Waals surface area contributed by atoms with E-state index in [4.69, 9.17) is 16.2 Å². The van der Waals surface area contributed by atoms with Crippen molar-refractivity contribution in [3.8, 4) is 0 Å². The van der Waals surface area contributed by atoms with E-state index in [9.17, 15) is 14.4 Å². The monoisotopic (exact) mass is 400 g/mol. The highest BCUT2D eigenvalue weighted by Crippen LogP contribution is 2.21. The number of esters is 1. The average Bonchev–Trinajstić information content (AvgIpc) is 2.61. The molecule has 0 atom stereocenters. The first kappa shape index (κ1) is 24.8. The summed E-state index contributed by atoms with van der Waals surface area (Å²) in [5.74, 6) is -0.913. The molecular formula is C18H29ClN4O4. The zero-order valence-electron chi connectivity index (χ0n) is 15.6. The highest BCUT2D eigenvalue weighted by molar-refractivity contribution is 5.98. The maximum Gasteiger partial charge on any atom is 0.337 e. The summed E-state index contributed by atoms with van der Waals surface area (Å²) >= 11 is 0. The third-order valence-electron chi connectivity index (χ3n) is 3.64. The van der Waals surface area contributed by atoms with Crippen LogP contribution in [0.1, 0.15) is 48.9 Å². The second-order valence-corrected chi connectivity index (χ2v) is 5.88. The highest BCUT2D eigenvalue weighted by atomic mass is 35.5. The number of ether oxygens (including phenoxy) is 1. The number of methoxy groups -OCH3 is 1. The molecule has 0 unspecified atom stereocenters. The number of carbonyl (C=O) groups excluding carboxylic acids is 3. The van der Waals surface area contributed by atoms with Crippen molar-refractivity contribution in [2.75, 3.05) is 30.8 Å². The Morgan fingerprint density at radius 1 is 0.852 bits per heavy atom. The van der Waals surface area contributed by atoms with Crippen molar-refractivity contribution >= 4 is 41.6 Å². The summed E-state index contributed by atoms with van der Waals surface area (Å²) in [6.45, 7) is 1.07. The van der Waals surface area contributed by atoms with Gasteiger partial charge in [0.05, 0.1) is 12.7 Å². The fraction of sp³-hybridized carbons (Fsp3) is 0.500. The van der Waals surface area contributed by atoms with E-state index in [-0.39, 0.29) is 29.8 Å². The molecule has 0 heterocycles. The number of halogens is 1. The maximum atomic E-state index is 12.0. The van der Waals surface area contributed by atoms with Crippen LogP contribution < -0.4 is 22.1 Å². The predicted octanol–water partition coefficient (Wildman–Crippen LogP) is 2.03. The molecule has 0 bridgehead atoms. The van der Waals surface area contributed by atoms with Crippen molar-refractivity contribution < 1.29 is 19.1 Å². The quantitative estimate of drug-likeness (QED) is 0.331. The summed E-state index contributed by atoms with van der Waals surface area (Å²) < 4.78 is 4.72. The smallest absolute Gasteiger partial charge is 0.337 e. The lowest BCUT2D eigenvalue weighted by atomic mass is 10.1. The van der Waals surface area contributed by atoms with Gasteiger partial charge in [-0.05, 0) is 57.0 Å². The topological polar surface area (TPSA) is 137 Å². The normalized spacial score (nSPS) is 9.89. The fourth-order valence-electron chi connectivity index (χ4n) is 2.31. The van der Waals surface area contributed by atoms with Crippen LogP contribution >= 0.6 is 12.4 Å². The molecule has 2 amide bonds. The van der Waals surface area contributed by atoms with Gasteiger partial charge in [0.2, 0.25) is 11.8 Å². The molecule has 0 aliphatic heterocycles. The van der Waals surface area contributed by atoms with E-state index in [0.29, 0.717) is 50.1 Å². The zero-order chi connectivity index (χ0) is 19.4. The van der Waals surface area contributed by atoms with Crippen LogP contribution in [0.15, 0.2) is 18.2 Å². The van der Waals surface area contributed by atoms with Crippen LogP contribution in [0.5, 0.6) is 0 Å². The van der Waals surface area contributed by atoms with Gasteiger partial charge >= 0.3 is 5.97 Å². The lowest BCUT2D eigenvalue weighted by Crippen LogP contribution is -2.15. The molecule has 6 N–H and O–H groups in total. The van der Waals surface area contributed by atoms with Crippen molar-refractivity contribution in [3.05, 3.63) is 23.8 Å². The number of nitrogens with two attached hydrogens (primary N) is 2. The molecule has 8 nitrogen and oxygen atoms in total. The Kier molecular flexibility index (Phi) is 12.8. The first-order valence-corrected chi connectivity index (χ1v) is 8.73. The van der Waals surface area contributed by atoms with E-state index in [0.717, 1.165) is 12.8 Å². The van der Waals surface area contributed by atoms with Gasteiger partial charge in [0.25, 0.3) is 0 Å². The van der Waals surface area contributed by atoms with Gasteiger partial charge in [-0.25, -0.2) is 4.79 Å². The van der Waals surface area contributed by atoms with E-state index in [1.54, 1.807) is 6.07 Å². The summed E-state index contributed by atoms with van der Waals surface area (Å²) in [6.07, 6.45) is 3.56. The molecule has 0 aliphatic carbocycles. The largest absolute Gasteiger partial charge is 0.465 e. The van der Waals surface area contributed by atoms with Gasteiger partial charge in [-0.1, -0.05) is 0 Å². The average molecular weight is 401 g/mol. The summed E-state index contributed by atoms with van der Waals surface area (Å²) in [4.78, 5) is 35.8. The van der Waals surface area contributed by atoms with Crippen molar-refractivity contribution in [2.45, 2.75) is 38.5 Å². The summed E-state index contributed by atoms with van der Waals surface area (Å²) in [6, 6.07) is 4.63. The van der Waals surface area contributed by atoms with Crippen molar-refractivity contribution in [2.24, 2.45) is 11.5 Å². The molecule has 0 saturated heterocycles. The van der Waals surface area contributed by atoms with Crippen LogP contribution in [0.3, 0.4) is 0 Å².